The van der Waals surface area contributed by atoms with Crippen molar-refractivity contribution in [3.63, 3.8) is 0 Å². The second-order valence-electron chi connectivity index (χ2n) is 3.91. The molecule has 1 heterocycles. The van der Waals surface area contributed by atoms with Gasteiger partial charge in [0, 0.05) is 6.21 Å². The first-order chi connectivity index (χ1) is 10.3. The highest BCUT2D eigenvalue weighted by Gasteiger charge is 2.03. The largest absolute Gasteiger partial charge is 0.482 e. The average molecular weight is 305 g/mol. The van der Waals surface area contributed by atoms with Crippen LogP contribution in [-0.4, -0.2) is 18.7 Å². The maximum absolute atomic E-state index is 11.5. The van der Waals surface area contributed by atoms with E-state index in [1.807, 2.05) is 0 Å². The summed E-state index contributed by atoms with van der Waals surface area (Å²) in [6.45, 7) is -0.164. The fraction of sp³-hybridized carbons (Fsp3) is 0.0667. The van der Waals surface area contributed by atoms with Crippen molar-refractivity contribution in [2.45, 2.75) is 0 Å². The number of halogens is 1. The fourth-order valence-corrected chi connectivity index (χ4v) is 1.60. The number of carbonyl (C=O) groups is 1. The van der Waals surface area contributed by atoms with Gasteiger partial charge in [-0.1, -0.05) is 23.7 Å². The van der Waals surface area contributed by atoms with Crippen LogP contribution in [0.2, 0.25) is 5.02 Å². The monoisotopic (exact) mass is 304 g/mol. The number of benzene rings is 1. The van der Waals surface area contributed by atoms with Crippen LogP contribution in [0.15, 0.2) is 58.3 Å². The molecule has 2 rings (SSSR count). The standard InChI is InChI=1S/C15H13ClN2O3/c16-13-7-1-2-8-14(13)21-11-15(19)18-17-9-3-5-12-6-4-10-20-12/h1-10H,11H2,(H,18,19)/b5-3+,17-9+. The van der Waals surface area contributed by atoms with Crippen molar-refractivity contribution < 1.29 is 13.9 Å². The van der Waals surface area contributed by atoms with Crippen LogP contribution in [0.3, 0.4) is 0 Å². The summed E-state index contributed by atoms with van der Waals surface area (Å²) in [7, 11) is 0. The summed E-state index contributed by atoms with van der Waals surface area (Å²) in [6.07, 6.45) is 6.38. The summed E-state index contributed by atoms with van der Waals surface area (Å²) < 4.78 is 10.4. The van der Waals surface area contributed by atoms with Gasteiger partial charge in [-0.2, -0.15) is 5.10 Å². The Morgan fingerprint density at radius 2 is 2.19 bits per heavy atom. The van der Waals surface area contributed by atoms with Gasteiger partial charge in [-0.15, -0.1) is 0 Å². The zero-order valence-electron chi connectivity index (χ0n) is 11.0. The van der Waals surface area contributed by atoms with Crippen LogP contribution in [0.4, 0.5) is 0 Å². The van der Waals surface area contributed by atoms with Gasteiger partial charge < -0.3 is 9.15 Å². The molecule has 6 heteroatoms. The molecular formula is C15H13ClN2O3. The van der Waals surface area contributed by atoms with Crippen LogP contribution in [0, 0.1) is 0 Å². The Hall–Kier alpha value is -2.53. The van der Waals surface area contributed by atoms with Crippen LogP contribution in [-0.2, 0) is 4.79 Å². The van der Waals surface area contributed by atoms with Gasteiger partial charge in [-0.05, 0) is 36.4 Å². The van der Waals surface area contributed by atoms with E-state index < -0.39 is 0 Å². The normalized spacial score (nSPS) is 11.1. The van der Waals surface area contributed by atoms with Crippen LogP contribution < -0.4 is 10.2 Å². The first kappa shape index (κ1) is 14.9. The maximum Gasteiger partial charge on any atom is 0.277 e. The number of ether oxygens (including phenoxy) is 1. The van der Waals surface area contributed by atoms with E-state index in [0.717, 1.165) is 0 Å². The number of amides is 1. The third-order valence-electron chi connectivity index (χ3n) is 2.35. The molecule has 0 aliphatic carbocycles. The SMILES string of the molecule is O=C(COc1ccccc1Cl)N/N=C/C=C/c1ccco1. The van der Waals surface area contributed by atoms with Gasteiger partial charge in [0.2, 0.25) is 0 Å². The number of para-hydroxylation sites is 1. The number of hydrogen-bond donors (Lipinski definition) is 1. The highest BCUT2D eigenvalue weighted by molar-refractivity contribution is 6.32. The molecule has 0 bridgehead atoms. The van der Waals surface area contributed by atoms with Crippen LogP contribution in [0.1, 0.15) is 5.76 Å². The van der Waals surface area contributed by atoms with Gasteiger partial charge in [0.15, 0.2) is 6.61 Å². The molecular weight excluding hydrogens is 292 g/mol. The van der Waals surface area contributed by atoms with Crippen molar-refractivity contribution in [2.75, 3.05) is 6.61 Å². The van der Waals surface area contributed by atoms with Crippen molar-refractivity contribution in [2.24, 2.45) is 5.10 Å². The molecule has 21 heavy (non-hydrogen) atoms. The maximum atomic E-state index is 11.5. The minimum Gasteiger partial charge on any atom is -0.482 e. The molecule has 0 fully saturated rings. The Morgan fingerprint density at radius 3 is 2.95 bits per heavy atom. The molecule has 1 aromatic heterocycles. The second kappa shape index (κ2) is 7.91. The Kier molecular flexibility index (Phi) is 5.60. The number of rotatable bonds is 6. The molecule has 0 aliphatic heterocycles. The molecule has 0 aliphatic rings. The van der Waals surface area contributed by atoms with Gasteiger partial charge in [-0.3, -0.25) is 4.79 Å². The number of allylic oxidation sites excluding steroid dienone is 1. The predicted octanol–water partition coefficient (Wildman–Crippen LogP) is 3.13. The Bertz CT molecular complexity index is 636. The summed E-state index contributed by atoms with van der Waals surface area (Å²) >= 11 is 5.90. The predicted molar refractivity (Wildman–Crippen MR) is 81.3 cm³/mol. The van der Waals surface area contributed by atoms with Gasteiger partial charge in [-0.25, -0.2) is 5.43 Å². The quantitative estimate of drug-likeness (QED) is 0.658. The van der Waals surface area contributed by atoms with E-state index in [-0.39, 0.29) is 12.5 Å². The van der Waals surface area contributed by atoms with E-state index in [4.69, 9.17) is 20.8 Å². The van der Waals surface area contributed by atoms with Gasteiger partial charge in [0.1, 0.15) is 11.5 Å². The van der Waals surface area contributed by atoms with Crippen LogP contribution >= 0.6 is 11.6 Å². The van der Waals surface area contributed by atoms with E-state index in [1.54, 1.807) is 54.8 Å². The summed E-state index contributed by atoms with van der Waals surface area (Å²) in [5.74, 6) is 0.781. The molecule has 0 unspecified atom stereocenters. The molecule has 0 spiro atoms. The lowest BCUT2D eigenvalue weighted by molar-refractivity contribution is -0.123. The fourth-order valence-electron chi connectivity index (χ4n) is 1.41. The summed E-state index contributed by atoms with van der Waals surface area (Å²) in [5.41, 5.74) is 2.33. The number of hydrazone groups is 1. The van der Waals surface area contributed by atoms with Crippen molar-refractivity contribution in [3.8, 4) is 5.75 Å². The number of nitrogens with one attached hydrogen (secondary N) is 1. The lowest BCUT2D eigenvalue weighted by Gasteiger charge is -2.05. The number of hydrogen-bond acceptors (Lipinski definition) is 4. The van der Waals surface area contributed by atoms with Crippen molar-refractivity contribution >= 4 is 29.8 Å². The average Bonchev–Trinajstić information content (AvgIpc) is 2.99. The van der Waals surface area contributed by atoms with E-state index >= 15 is 0 Å². The Labute approximate surface area is 126 Å². The van der Waals surface area contributed by atoms with Gasteiger partial charge in [0.25, 0.3) is 5.91 Å². The first-order valence-electron chi connectivity index (χ1n) is 6.15. The molecule has 0 radical (unpaired) electrons. The van der Waals surface area contributed by atoms with Crippen LogP contribution in [0.25, 0.3) is 6.08 Å². The van der Waals surface area contributed by atoms with Crippen molar-refractivity contribution in [3.05, 3.63) is 59.5 Å². The lowest BCUT2D eigenvalue weighted by Crippen LogP contribution is -2.24. The Balaban J connectivity index is 1.71. The smallest absolute Gasteiger partial charge is 0.277 e. The molecule has 1 aromatic carbocycles. The van der Waals surface area contributed by atoms with Gasteiger partial charge in [0.05, 0.1) is 11.3 Å². The van der Waals surface area contributed by atoms with E-state index in [2.05, 4.69) is 10.5 Å². The molecule has 0 atom stereocenters. The zero-order valence-corrected chi connectivity index (χ0v) is 11.8. The summed E-state index contributed by atoms with van der Waals surface area (Å²) in [5, 5.41) is 4.19. The molecule has 108 valence electrons. The minimum atomic E-state index is -0.377. The topological polar surface area (TPSA) is 63.8 Å². The third-order valence-corrected chi connectivity index (χ3v) is 2.66. The Morgan fingerprint density at radius 1 is 1.33 bits per heavy atom. The lowest BCUT2D eigenvalue weighted by atomic mass is 10.3. The highest BCUT2D eigenvalue weighted by Crippen LogP contribution is 2.22. The number of nitrogens with zero attached hydrogens (tertiary/aromatic N) is 1. The summed E-state index contributed by atoms with van der Waals surface area (Å²) in [6, 6.07) is 10.5. The molecule has 1 N–H and O–H groups in total. The minimum absolute atomic E-state index is 0.164. The van der Waals surface area contributed by atoms with Gasteiger partial charge >= 0.3 is 0 Å². The third kappa shape index (κ3) is 5.16. The summed E-state index contributed by atoms with van der Waals surface area (Å²) in [4.78, 5) is 11.5. The number of furan rings is 1. The van der Waals surface area contributed by atoms with E-state index in [0.29, 0.717) is 16.5 Å². The second-order valence-corrected chi connectivity index (χ2v) is 4.31. The van der Waals surface area contributed by atoms with E-state index in [1.165, 1.54) is 6.21 Å². The molecule has 0 saturated carbocycles. The van der Waals surface area contributed by atoms with Crippen LogP contribution in [0.5, 0.6) is 5.75 Å². The number of carbonyl (C=O) groups excluding carboxylic acids is 1. The van der Waals surface area contributed by atoms with Crippen molar-refractivity contribution in [1.29, 1.82) is 0 Å². The first-order valence-corrected chi connectivity index (χ1v) is 6.53. The zero-order chi connectivity index (χ0) is 14.9. The molecule has 5 nitrogen and oxygen atoms in total. The molecule has 1 amide bonds. The highest BCUT2D eigenvalue weighted by atomic mass is 35.5. The van der Waals surface area contributed by atoms with E-state index in [9.17, 15) is 4.79 Å². The van der Waals surface area contributed by atoms with Crippen molar-refractivity contribution in [1.82, 2.24) is 5.43 Å². The molecule has 0 saturated heterocycles. The molecule has 2 aromatic rings.